The first kappa shape index (κ1) is 24.8. The van der Waals surface area contributed by atoms with E-state index in [1.807, 2.05) is 32.1 Å². The van der Waals surface area contributed by atoms with Crippen LogP contribution in [0.1, 0.15) is 31.1 Å². The van der Waals surface area contributed by atoms with Gasteiger partial charge in [0.15, 0.2) is 11.6 Å². The molecule has 0 amide bonds. The molecule has 0 bridgehead atoms. The molecular weight excluding hydrogens is 488 g/mol. The average molecular weight is 510 g/mol. The number of allylic oxidation sites excluding steroid dienone is 1. The van der Waals surface area contributed by atoms with Crippen LogP contribution in [-0.4, -0.2) is 5.97 Å². The first-order chi connectivity index (χ1) is 16.7. The number of nitriles is 1. The Labute approximate surface area is 213 Å². The van der Waals surface area contributed by atoms with Crippen LogP contribution in [0.4, 0.5) is 4.39 Å². The summed E-state index contributed by atoms with van der Waals surface area (Å²) in [6.45, 7) is 3.88. The van der Waals surface area contributed by atoms with Crippen molar-refractivity contribution in [2.75, 3.05) is 0 Å². The lowest BCUT2D eigenvalue weighted by Crippen LogP contribution is -2.14. The van der Waals surface area contributed by atoms with Gasteiger partial charge >= 0.3 is 5.97 Å². The number of halogens is 3. The number of benzene rings is 3. The van der Waals surface area contributed by atoms with Crippen molar-refractivity contribution < 1.29 is 18.7 Å². The highest BCUT2D eigenvalue weighted by atomic mass is 35.5. The summed E-state index contributed by atoms with van der Waals surface area (Å²) in [6, 6.07) is 21.7. The predicted octanol–water partition coefficient (Wildman–Crippen LogP) is 7.93. The molecule has 3 aromatic rings. The highest BCUT2D eigenvalue weighted by molar-refractivity contribution is 6.48. The second kappa shape index (κ2) is 10.1. The molecule has 0 unspecified atom stereocenters. The van der Waals surface area contributed by atoms with Crippen LogP contribution in [0.15, 0.2) is 78.9 Å². The third kappa shape index (κ3) is 5.51. The Morgan fingerprint density at radius 3 is 2.46 bits per heavy atom. The first-order valence-electron chi connectivity index (χ1n) is 11.0. The third-order valence-corrected chi connectivity index (χ3v) is 6.79. The molecule has 1 aliphatic rings. The quantitative estimate of drug-likeness (QED) is 0.303. The topological polar surface area (TPSA) is 59.3 Å². The predicted molar refractivity (Wildman–Crippen MR) is 133 cm³/mol. The number of hydrogen-bond donors (Lipinski definition) is 0. The summed E-state index contributed by atoms with van der Waals surface area (Å²) in [4.78, 5) is 13.0. The fourth-order valence-electron chi connectivity index (χ4n) is 4.04. The molecule has 1 aliphatic carbocycles. The van der Waals surface area contributed by atoms with Crippen LogP contribution in [-0.2, 0) is 9.53 Å². The molecule has 3 atom stereocenters. The molecule has 3 aromatic carbocycles. The lowest BCUT2D eigenvalue weighted by atomic mass is 10.1. The molecule has 0 heterocycles. The maximum absolute atomic E-state index is 14.3. The van der Waals surface area contributed by atoms with Gasteiger partial charge in [-0.25, -0.2) is 4.39 Å². The van der Waals surface area contributed by atoms with Gasteiger partial charge < -0.3 is 9.47 Å². The molecule has 0 aromatic heterocycles. The number of ether oxygens (including phenoxy) is 2. The maximum Gasteiger partial charge on any atom is 0.311 e. The summed E-state index contributed by atoms with van der Waals surface area (Å²) in [5.41, 5.74) is 0.713. The number of rotatable bonds is 7. The minimum Gasteiger partial charge on any atom is -0.454 e. The van der Waals surface area contributed by atoms with E-state index in [-0.39, 0.29) is 11.7 Å². The van der Waals surface area contributed by atoms with Crippen LogP contribution in [0.25, 0.3) is 5.03 Å². The summed E-state index contributed by atoms with van der Waals surface area (Å²) in [6.07, 6.45) is 0.621. The summed E-state index contributed by atoms with van der Waals surface area (Å²) >= 11 is 12.4. The van der Waals surface area contributed by atoms with Crippen molar-refractivity contribution in [1.82, 2.24) is 0 Å². The SMILES string of the molecule is CC1(C)[C@H](/C=C(\Cl)c2ccc(Cl)cc2)[C@H]1C(=O)O[C@@H](C#N)c1ccc(F)c(Oc2ccccc2)c1. The van der Waals surface area contributed by atoms with Gasteiger partial charge in [0.2, 0.25) is 6.10 Å². The molecule has 7 heteroatoms. The average Bonchev–Trinajstić information content (AvgIpc) is 3.39. The molecule has 1 saturated carbocycles. The van der Waals surface area contributed by atoms with Crippen molar-refractivity contribution in [3.8, 4) is 17.6 Å². The van der Waals surface area contributed by atoms with Gasteiger partial charge in [0.05, 0.1) is 5.92 Å². The lowest BCUT2D eigenvalue weighted by Gasteiger charge is -2.14. The van der Waals surface area contributed by atoms with E-state index in [1.165, 1.54) is 18.2 Å². The number of hydrogen-bond acceptors (Lipinski definition) is 4. The van der Waals surface area contributed by atoms with Gasteiger partial charge in [-0.1, -0.05) is 79.5 Å². The van der Waals surface area contributed by atoms with Crippen LogP contribution in [0.3, 0.4) is 0 Å². The van der Waals surface area contributed by atoms with Crippen molar-refractivity contribution in [3.05, 3.63) is 101 Å². The van der Waals surface area contributed by atoms with E-state index < -0.39 is 29.2 Å². The van der Waals surface area contributed by atoms with Crippen LogP contribution in [0.2, 0.25) is 5.02 Å². The normalized spacial score (nSPS) is 19.4. The Morgan fingerprint density at radius 2 is 1.80 bits per heavy atom. The zero-order valence-corrected chi connectivity index (χ0v) is 20.6. The number of carbonyl (C=O) groups excluding carboxylic acids is 1. The Morgan fingerprint density at radius 1 is 1.11 bits per heavy atom. The Balaban J connectivity index is 1.49. The highest BCUT2D eigenvalue weighted by Gasteiger charge is 2.62. The lowest BCUT2D eigenvalue weighted by molar-refractivity contribution is -0.149. The van der Waals surface area contributed by atoms with Crippen molar-refractivity contribution in [2.45, 2.75) is 20.0 Å². The number of esters is 1. The molecule has 1 fully saturated rings. The summed E-state index contributed by atoms with van der Waals surface area (Å²) in [7, 11) is 0. The molecule has 0 saturated heterocycles. The van der Waals surface area contributed by atoms with Crippen molar-refractivity contribution in [1.29, 1.82) is 5.26 Å². The number of para-hydroxylation sites is 1. The van der Waals surface area contributed by atoms with Gasteiger partial charge in [0.1, 0.15) is 11.8 Å². The second-order valence-electron chi connectivity index (χ2n) is 8.90. The summed E-state index contributed by atoms with van der Waals surface area (Å²) < 4.78 is 25.5. The first-order valence-corrected chi connectivity index (χ1v) is 11.7. The number of nitrogens with zero attached hydrogens (tertiary/aromatic N) is 1. The Hall–Kier alpha value is -3.33. The standard InChI is InChI=1S/C28H22Cl2FNO3/c1-28(2)21(15-22(30)17-8-11-19(29)12-9-17)26(28)27(33)35-25(16-32)18-10-13-23(31)24(14-18)34-20-6-4-3-5-7-20/h3-15,21,25-26H,1-2H3/b22-15-/t21-,25+,26+/m1/s1. The van der Waals surface area contributed by atoms with E-state index in [0.29, 0.717) is 21.4 Å². The Kier molecular flexibility index (Phi) is 7.16. The van der Waals surface area contributed by atoms with Gasteiger partial charge in [-0.2, -0.15) is 5.26 Å². The van der Waals surface area contributed by atoms with Crippen molar-refractivity contribution in [2.24, 2.45) is 17.3 Å². The Bertz CT molecular complexity index is 1300. The minimum absolute atomic E-state index is 0.0627. The highest BCUT2D eigenvalue weighted by Crippen LogP contribution is 2.60. The maximum atomic E-state index is 14.3. The third-order valence-electron chi connectivity index (χ3n) is 6.19. The van der Waals surface area contributed by atoms with Crippen molar-refractivity contribution >= 4 is 34.2 Å². The number of carbonyl (C=O) groups is 1. The monoisotopic (exact) mass is 509 g/mol. The molecule has 0 N–H and O–H groups in total. The second-order valence-corrected chi connectivity index (χ2v) is 9.74. The van der Waals surface area contributed by atoms with Gasteiger partial charge in [0, 0.05) is 15.6 Å². The van der Waals surface area contributed by atoms with E-state index in [9.17, 15) is 14.4 Å². The van der Waals surface area contributed by atoms with Crippen LogP contribution < -0.4 is 4.74 Å². The molecule has 35 heavy (non-hydrogen) atoms. The van der Waals surface area contributed by atoms with Gasteiger partial charge in [-0.15, -0.1) is 0 Å². The molecule has 0 aliphatic heterocycles. The fraction of sp³-hybridized carbons (Fsp3) is 0.214. The zero-order valence-electron chi connectivity index (χ0n) is 19.0. The van der Waals surface area contributed by atoms with Gasteiger partial charge in [-0.3, -0.25) is 4.79 Å². The molecule has 0 radical (unpaired) electrons. The van der Waals surface area contributed by atoms with E-state index in [2.05, 4.69) is 0 Å². The van der Waals surface area contributed by atoms with Crippen LogP contribution in [0.5, 0.6) is 11.5 Å². The minimum atomic E-state index is -1.21. The fourth-order valence-corrected chi connectivity index (χ4v) is 4.42. The molecule has 4 rings (SSSR count). The van der Waals surface area contributed by atoms with Crippen molar-refractivity contribution in [3.63, 3.8) is 0 Å². The van der Waals surface area contributed by atoms with Crippen LogP contribution in [0, 0.1) is 34.4 Å². The van der Waals surface area contributed by atoms with E-state index >= 15 is 0 Å². The molecular formula is C28H22Cl2FNO3. The van der Waals surface area contributed by atoms with E-state index in [0.717, 1.165) is 5.56 Å². The zero-order chi connectivity index (χ0) is 25.2. The van der Waals surface area contributed by atoms with E-state index in [1.54, 1.807) is 48.5 Å². The molecule has 178 valence electrons. The largest absolute Gasteiger partial charge is 0.454 e. The van der Waals surface area contributed by atoms with E-state index in [4.69, 9.17) is 32.7 Å². The summed E-state index contributed by atoms with van der Waals surface area (Å²) in [5, 5.41) is 10.8. The summed E-state index contributed by atoms with van der Waals surface area (Å²) in [5.74, 6) is -1.36. The molecule has 0 spiro atoms. The molecule has 4 nitrogen and oxygen atoms in total. The van der Waals surface area contributed by atoms with Gasteiger partial charge in [0.25, 0.3) is 0 Å². The van der Waals surface area contributed by atoms with Crippen LogP contribution >= 0.6 is 23.2 Å². The van der Waals surface area contributed by atoms with Gasteiger partial charge in [-0.05, 0) is 53.3 Å². The smallest absolute Gasteiger partial charge is 0.311 e.